The molecule has 0 bridgehead atoms. The second-order valence-electron chi connectivity index (χ2n) is 7.13. The van der Waals surface area contributed by atoms with Crippen LogP contribution >= 0.6 is 0 Å². The molecule has 1 heterocycles. The molecule has 0 saturated carbocycles. The molecule has 1 aliphatic heterocycles. The Morgan fingerprint density at radius 1 is 1.15 bits per heavy atom. The summed E-state index contributed by atoms with van der Waals surface area (Å²) in [5, 5.41) is 24.0. The Bertz CT molecular complexity index is 788. The van der Waals surface area contributed by atoms with Gasteiger partial charge in [0.15, 0.2) is 0 Å². The number of aliphatic hydroxyl groups excluding tert-OH is 1. The number of aliphatic hydroxyl groups is 1. The Morgan fingerprint density at radius 3 is 2.39 bits per heavy atom. The van der Waals surface area contributed by atoms with Crippen molar-refractivity contribution in [3.63, 3.8) is 0 Å². The summed E-state index contributed by atoms with van der Waals surface area (Å²) in [6, 6.07) is 0.140. The van der Waals surface area contributed by atoms with Gasteiger partial charge in [-0.1, -0.05) is 19.7 Å². The number of nitrogens with one attached hydrogen (secondary N) is 2. The lowest BCUT2D eigenvalue weighted by Crippen LogP contribution is -2.42. The fourth-order valence-corrected chi connectivity index (χ4v) is 2.98. The average molecular weight is 465 g/mol. The number of hydrogen-bond donors (Lipinski definition) is 4. The zero-order valence-electron chi connectivity index (χ0n) is 18.6. The molecule has 4 N–H and O–H groups in total. The van der Waals surface area contributed by atoms with E-state index in [4.69, 9.17) is 9.84 Å². The number of carboxylic acid groups (broad SMARTS) is 1. The van der Waals surface area contributed by atoms with Crippen LogP contribution in [0.5, 0.6) is 0 Å². The van der Waals surface area contributed by atoms with Crippen molar-refractivity contribution in [3.05, 3.63) is 49.4 Å². The number of morpholine rings is 1. The quantitative estimate of drug-likeness (QED) is 0.249. The Hall–Kier alpha value is -3.28. The van der Waals surface area contributed by atoms with Crippen LogP contribution in [0.1, 0.15) is 12.8 Å². The zero-order valence-corrected chi connectivity index (χ0v) is 18.6. The van der Waals surface area contributed by atoms with E-state index in [-0.39, 0.29) is 36.9 Å². The molecule has 1 atom stereocenters. The Labute approximate surface area is 193 Å². The minimum atomic E-state index is -1.29. The first kappa shape index (κ1) is 27.8. The molecule has 182 valence electrons. The van der Waals surface area contributed by atoms with E-state index in [0.717, 1.165) is 23.6 Å². The molecule has 0 aliphatic carbocycles. The summed E-state index contributed by atoms with van der Waals surface area (Å²) in [5.74, 6) is -3.31. The van der Waals surface area contributed by atoms with E-state index >= 15 is 0 Å². The lowest BCUT2D eigenvalue weighted by molar-refractivity contribution is -0.133. The molecule has 0 radical (unpaired) electrons. The fraction of sp³-hybridized carbons (Fsp3) is 0.455. The van der Waals surface area contributed by atoms with Crippen LogP contribution in [0.15, 0.2) is 49.4 Å². The summed E-state index contributed by atoms with van der Waals surface area (Å²) < 4.78 is 5.41. The second-order valence-corrected chi connectivity index (χ2v) is 7.13. The molecule has 0 aromatic heterocycles. The molecule has 0 aromatic rings. The fourth-order valence-electron chi connectivity index (χ4n) is 2.98. The highest BCUT2D eigenvalue weighted by Gasteiger charge is 2.24. The maximum absolute atomic E-state index is 12.9. The minimum Gasteiger partial charge on any atom is -0.478 e. The summed E-state index contributed by atoms with van der Waals surface area (Å²) in [5.41, 5.74) is -0.533. The van der Waals surface area contributed by atoms with Crippen molar-refractivity contribution in [3.8, 4) is 0 Å². The maximum atomic E-state index is 12.9. The number of hydrogen-bond acceptors (Lipinski definition) is 7. The van der Waals surface area contributed by atoms with Crippen LogP contribution in [-0.4, -0.2) is 95.7 Å². The summed E-state index contributed by atoms with van der Waals surface area (Å²) in [6.07, 6.45) is 4.50. The Balaban J connectivity index is 3.14. The molecule has 0 spiro atoms. The number of rotatable bonds is 14. The van der Waals surface area contributed by atoms with Crippen molar-refractivity contribution in [1.29, 1.82) is 0 Å². The highest BCUT2D eigenvalue weighted by atomic mass is 16.5. The van der Waals surface area contributed by atoms with Gasteiger partial charge in [0.2, 0.25) is 5.91 Å². The lowest BCUT2D eigenvalue weighted by atomic mass is 10.1. The largest absolute Gasteiger partial charge is 0.478 e. The van der Waals surface area contributed by atoms with Gasteiger partial charge in [-0.2, -0.15) is 0 Å². The van der Waals surface area contributed by atoms with Gasteiger partial charge in [0.05, 0.1) is 19.8 Å². The molecule has 3 amide bonds. The number of ether oxygens (including phenoxy) is 1. The summed E-state index contributed by atoms with van der Waals surface area (Å²) >= 11 is 0. The molecule has 1 rings (SSSR count). The topological polar surface area (TPSA) is 149 Å². The monoisotopic (exact) mass is 464 g/mol. The van der Waals surface area contributed by atoms with Crippen molar-refractivity contribution in [1.82, 2.24) is 20.4 Å². The van der Waals surface area contributed by atoms with E-state index in [1.165, 1.54) is 11.1 Å². The molecule has 1 fully saturated rings. The van der Waals surface area contributed by atoms with Gasteiger partial charge in [-0.15, -0.1) is 0 Å². The van der Waals surface area contributed by atoms with Crippen LogP contribution in [0.3, 0.4) is 0 Å². The van der Waals surface area contributed by atoms with Crippen molar-refractivity contribution in [2.45, 2.75) is 18.9 Å². The standard InChI is InChI=1S/C22H32N4O7/c1-4-19(28)25(9-6-7-17-15-33-12-8-23-17)14-18(26(10-11-27)20(29)5-2)21(30)24-13-16(3)22(31)32/h4-5,14,17,23,27H,1-3,6-13,15H2,(H,24,30)(H,31,32). The minimum absolute atomic E-state index is 0.140. The van der Waals surface area contributed by atoms with Gasteiger partial charge in [-0.25, -0.2) is 4.79 Å². The van der Waals surface area contributed by atoms with Crippen LogP contribution in [-0.2, 0) is 23.9 Å². The van der Waals surface area contributed by atoms with E-state index in [2.05, 4.69) is 30.4 Å². The first-order chi connectivity index (χ1) is 15.7. The number of carboxylic acids is 1. The van der Waals surface area contributed by atoms with Crippen molar-refractivity contribution in [2.24, 2.45) is 0 Å². The molecule has 1 saturated heterocycles. The molecule has 1 aliphatic rings. The van der Waals surface area contributed by atoms with Crippen LogP contribution in [0.4, 0.5) is 0 Å². The van der Waals surface area contributed by atoms with Gasteiger partial charge in [0.1, 0.15) is 5.70 Å². The molecule has 33 heavy (non-hydrogen) atoms. The summed E-state index contributed by atoms with van der Waals surface area (Å²) in [7, 11) is 0. The maximum Gasteiger partial charge on any atom is 0.332 e. The third-order valence-corrected chi connectivity index (χ3v) is 4.74. The number of nitrogens with zero attached hydrogens (tertiary/aromatic N) is 2. The third kappa shape index (κ3) is 9.39. The van der Waals surface area contributed by atoms with Gasteiger partial charge < -0.3 is 35.4 Å². The van der Waals surface area contributed by atoms with Crippen LogP contribution in [0.25, 0.3) is 0 Å². The molecule has 11 heteroatoms. The van der Waals surface area contributed by atoms with Crippen molar-refractivity contribution in [2.75, 3.05) is 46.0 Å². The van der Waals surface area contributed by atoms with E-state index in [0.29, 0.717) is 26.1 Å². The first-order valence-corrected chi connectivity index (χ1v) is 10.4. The Morgan fingerprint density at radius 2 is 1.85 bits per heavy atom. The molecule has 0 aromatic carbocycles. The normalized spacial score (nSPS) is 15.8. The lowest BCUT2D eigenvalue weighted by Gasteiger charge is -2.27. The number of carbonyl (C=O) groups is 4. The second kappa shape index (κ2) is 14.7. The van der Waals surface area contributed by atoms with Crippen molar-refractivity contribution < 1.29 is 34.1 Å². The van der Waals surface area contributed by atoms with Gasteiger partial charge >= 0.3 is 5.97 Å². The highest BCUT2D eigenvalue weighted by molar-refractivity contribution is 6.01. The summed E-state index contributed by atoms with van der Waals surface area (Å²) in [6.45, 7) is 11.3. The van der Waals surface area contributed by atoms with Crippen LogP contribution < -0.4 is 10.6 Å². The SMILES string of the molecule is C=CC(=O)N(C=C(C(=O)NCC(=C)C(=O)O)N(CCO)C(=O)C=C)CCCC1COCCN1. The smallest absolute Gasteiger partial charge is 0.332 e. The molecule has 1 unspecified atom stereocenters. The van der Waals surface area contributed by atoms with Gasteiger partial charge in [-0.3, -0.25) is 14.4 Å². The average Bonchev–Trinajstić information content (AvgIpc) is 2.82. The van der Waals surface area contributed by atoms with E-state index in [9.17, 15) is 24.3 Å². The number of carbonyl (C=O) groups excluding carboxylic acids is 3. The van der Waals surface area contributed by atoms with Gasteiger partial charge in [0.25, 0.3) is 11.8 Å². The van der Waals surface area contributed by atoms with Crippen LogP contribution in [0.2, 0.25) is 0 Å². The highest BCUT2D eigenvalue weighted by Crippen LogP contribution is 2.11. The van der Waals surface area contributed by atoms with Gasteiger partial charge in [0, 0.05) is 44.0 Å². The van der Waals surface area contributed by atoms with E-state index < -0.39 is 30.3 Å². The number of amides is 3. The molecular weight excluding hydrogens is 432 g/mol. The predicted octanol–water partition coefficient (Wildman–Crippen LogP) is -0.625. The van der Waals surface area contributed by atoms with E-state index in [1.54, 1.807) is 0 Å². The third-order valence-electron chi connectivity index (χ3n) is 4.74. The van der Waals surface area contributed by atoms with E-state index in [1.807, 2.05) is 0 Å². The predicted molar refractivity (Wildman–Crippen MR) is 121 cm³/mol. The van der Waals surface area contributed by atoms with Crippen LogP contribution in [0, 0.1) is 0 Å². The molecular formula is C22H32N4O7. The summed E-state index contributed by atoms with van der Waals surface area (Å²) in [4.78, 5) is 50.8. The number of aliphatic carboxylic acids is 1. The first-order valence-electron chi connectivity index (χ1n) is 10.4. The molecule has 11 nitrogen and oxygen atoms in total. The zero-order chi connectivity index (χ0) is 24.8. The Kier molecular flexibility index (Phi) is 12.4. The van der Waals surface area contributed by atoms with Crippen molar-refractivity contribution >= 4 is 23.7 Å². The van der Waals surface area contributed by atoms with Gasteiger partial charge in [-0.05, 0) is 25.0 Å².